The third-order valence-corrected chi connectivity index (χ3v) is 7.21. The van der Waals surface area contributed by atoms with Gasteiger partial charge in [-0.15, -0.1) is 0 Å². The topological polar surface area (TPSA) is 63.6 Å². The molecule has 0 amide bonds. The highest BCUT2D eigenvalue weighted by Gasteiger charge is 2.44. The molecule has 36 heavy (non-hydrogen) atoms. The number of aliphatic hydroxyl groups is 1. The lowest BCUT2D eigenvalue weighted by atomic mass is 9.70. The predicted molar refractivity (Wildman–Crippen MR) is 143 cm³/mol. The van der Waals surface area contributed by atoms with Crippen molar-refractivity contribution in [3.8, 4) is 17.4 Å². The fourth-order valence-corrected chi connectivity index (χ4v) is 5.49. The molecule has 5 nitrogen and oxygen atoms in total. The maximum atomic E-state index is 12.9. The van der Waals surface area contributed by atoms with Crippen LogP contribution in [0.5, 0.6) is 17.4 Å². The van der Waals surface area contributed by atoms with Crippen LogP contribution in [0.2, 0.25) is 0 Å². The molecule has 1 aliphatic rings. The number of pyridine rings is 1. The lowest BCUT2D eigenvalue weighted by Gasteiger charge is -2.40. The van der Waals surface area contributed by atoms with Gasteiger partial charge in [-0.2, -0.15) is 0 Å². The van der Waals surface area contributed by atoms with Crippen molar-refractivity contribution >= 4 is 21.7 Å². The second kappa shape index (κ2) is 8.94. The Morgan fingerprint density at radius 3 is 2.56 bits per heavy atom. The Hall–Kier alpha value is -3.93. The van der Waals surface area contributed by atoms with E-state index in [0.717, 1.165) is 44.1 Å². The maximum absolute atomic E-state index is 12.9. The SMILES string of the molecule is CNCC[C@@]1(O)c2cc(cc3ccccc23)Oc2nc3ccc(OC)cc3cc2[C@H]1c1ccccc1. The summed E-state index contributed by atoms with van der Waals surface area (Å²) in [5.41, 5.74) is 2.28. The van der Waals surface area contributed by atoms with Gasteiger partial charge in [-0.25, -0.2) is 4.98 Å². The quantitative estimate of drug-likeness (QED) is 0.319. The molecule has 5 heteroatoms. The van der Waals surface area contributed by atoms with E-state index in [4.69, 9.17) is 14.5 Å². The second-order valence-corrected chi connectivity index (χ2v) is 9.36. The van der Waals surface area contributed by atoms with Crippen molar-refractivity contribution in [3.05, 3.63) is 108 Å². The average molecular weight is 477 g/mol. The highest BCUT2D eigenvalue weighted by atomic mass is 16.5. The Balaban J connectivity index is 1.72. The first-order valence-electron chi connectivity index (χ1n) is 12.2. The molecule has 1 aliphatic heterocycles. The number of ether oxygens (including phenoxy) is 2. The molecule has 2 bridgehead atoms. The number of fused-ring (bicyclic) bond motifs is 6. The molecule has 2 N–H and O–H groups in total. The van der Waals surface area contributed by atoms with E-state index in [1.165, 1.54) is 0 Å². The molecule has 5 aromatic rings. The zero-order valence-electron chi connectivity index (χ0n) is 20.4. The van der Waals surface area contributed by atoms with Crippen molar-refractivity contribution in [1.82, 2.24) is 10.3 Å². The molecule has 4 aromatic carbocycles. The smallest absolute Gasteiger partial charge is 0.223 e. The van der Waals surface area contributed by atoms with E-state index >= 15 is 0 Å². The first kappa shape index (κ1) is 22.5. The van der Waals surface area contributed by atoms with Gasteiger partial charge in [0.15, 0.2) is 0 Å². The van der Waals surface area contributed by atoms with Gasteiger partial charge in [0.05, 0.1) is 12.6 Å². The van der Waals surface area contributed by atoms with Gasteiger partial charge in [0.2, 0.25) is 5.88 Å². The molecule has 0 radical (unpaired) electrons. The summed E-state index contributed by atoms with van der Waals surface area (Å²) in [5, 5.41) is 19.1. The van der Waals surface area contributed by atoms with Gasteiger partial charge < -0.3 is 19.9 Å². The van der Waals surface area contributed by atoms with Gasteiger partial charge >= 0.3 is 0 Å². The molecule has 0 spiro atoms. The van der Waals surface area contributed by atoms with Crippen LogP contribution >= 0.6 is 0 Å². The lowest BCUT2D eigenvalue weighted by molar-refractivity contribution is 0.0110. The molecule has 0 unspecified atom stereocenters. The summed E-state index contributed by atoms with van der Waals surface area (Å²) in [5.74, 6) is 1.52. The van der Waals surface area contributed by atoms with E-state index in [-0.39, 0.29) is 0 Å². The lowest BCUT2D eigenvalue weighted by Crippen LogP contribution is -2.38. The predicted octanol–water partition coefficient (Wildman–Crippen LogP) is 6.13. The average Bonchev–Trinajstić information content (AvgIpc) is 2.91. The third-order valence-electron chi connectivity index (χ3n) is 7.21. The summed E-state index contributed by atoms with van der Waals surface area (Å²) >= 11 is 0. The number of nitrogens with one attached hydrogen (secondary N) is 1. The zero-order chi connectivity index (χ0) is 24.7. The fourth-order valence-electron chi connectivity index (χ4n) is 5.49. The Morgan fingerprint density at radius 2 is 1.75 bits per heavy atom. The molecule has 0 aliphatic carbocycles. The monoisotopic (exact) mass is 476 g/mol. The first-order chi connectivity index (χ1) is 17.6. The highest BCUT2D eigenvalue weighted by molar-refractivity contribution is 5.89. The van der Waals surface area contributed by atoms with Crippen LogP contribution in [0.4, 0.5) is 0 Å². The van der Waals surface area contributed by atoms with E-state index in [9.17, 15) is 5.11 Å². The number of hydrogen-bond donors (Lipinski definition) is 2. The fraction of sp³-hybridized carbons (Fsp3) is 0.194. The van der Waals surface area contributed by atoms with Crippen molar-refractivity contribution in [2.75, 3.05) is 20.7 Å². The van der Waals surface area contributed by atoms with Crippen LogP contribution in [0.15, 0.2) is 91.0 Å². The van der Waals surface area contributed by atoms with Crippen molar-refractivity contribution in [2.45, 2.75) is 17.9 Å². The normalized spacial score (nSPS) is 18.8. The summed E-state index contributed by atoms with van der Waals surface area (Å²) in [6.07, 6.45) is 0.506. The van der Waals surface area contributed by atoms with Crippen molar-refractivity contribution < 1.29 is 14.6 Å². The van der Waals surface area contributed by atoms with Gasteiger partial charge in [-0.1, -0.05) is 54.6 Å². The minimum Gasteiger partial charge on any atom is -0.497 e. The van der Waals surface area contributed by atoms with Crippen LogP contribution in [0.25, 0.3) is 21.7 Å². The van der Waals surface area contributed by atoms with Gasteiger partial charge in [-0.05, 0) is 78.3 Å². The Bertz CT molecular complexity index is 1570. The second-order valence-electron chi connectivity index (χ2n) is 9.36. The van der Waals surface area contributed by atoms with Crippen LogP contribution in [-0.4, -0.2) is 30.8 Å². The van der Waals surface area contributed by atoms with Crippen LogP contribution in [-0.2, 0) is 5.60 Å². The number of benzene rings is 4. The number of rotatable bonds is 5. The molecule has 2 atom stereocenters. The minimum absolute atomic E-state index is 0.413. The Morgan fingerprint density at radius 1 is 0.944 bits per heavy atom. The summed E-state index contributed by atoms with van der Waals surface area (Å²) in [4.78, 5) is 4.94. The standard InChI is InChI=1S/C31H28N2O3/c1-32-15-14-31(34)27-19-24(16-21-10-6-7-11-25(21)27)36-30-26(29(31)20-8-4-3-5-9-20)18-22-17-23(35-2)12-13-28(22)33-30/h3-13,16-19,29,32,34H,14-15H2,1-2H3/t29-,31-/m1/s1. The number of nitrogens with zero attached hydrogens (tertiary/aromatic N) is 1. The van der Waals surface area contributed by atoms with Gasteiger partial charge in [0.25, 0.3) is 0 Å². The van der Waals surface area contributed by atoms with E-state index in [1.807, 2.05) is 67.7 Å². The number of methoxy groups -OCH3 is 1. The molecule has 6 rings (SSSR count). The Kier molecular flexibility index (Phi) is 5.59. The van der Waals surface area contributed by atoms with Gasteiger partial charge in [0.1, 0.15) is 17.1 Å². The van der Waals surface area contributed by atoms with E-state index in [2.05, 4.69) is 35.6 Å². The van der Waals surface area contributed by atoms with Crippen molar-refractivity contribution in [2.24, 2.45) is 0 Å². The minimum atomic E-state index is -1.23. The van der Waals surface area contributed by atoms with Crippen LogP contribution in [0.3, 0.4) is 0 Å². The van der Waals surface area contributed by atoms with Gasteiger partial charge in [-0.3, -0.25) is 0 Å². The van der Waals surface area contributed by atoms with Crippen LogP contribution in [0, 0.1) is 0 Å². The van der Waals surface area contributed by atoms with E-state index in [0.29, 0.717) is 24.6 Å². The molecule has 1 aromatic heterocycles. The van der Waals surface area contributed by atoms with E-state index in [1.54, 1.807) is 7.11 Å². The molecular weight excluding hydrogens is 448 g/mol. The number of aromatic nitrogens is 1. The summed E-state index contributed by atoms with van der Waals surface area (Å²) < 4.78 is 12.0. The highest BCUT2D eigenvalue weighted by Crippen LogP contribution is 2.51. The summed E-state index contributed by atoms with van der Waals surface area (Å²) in [7, 11) is 3.57. The third kappa shape index (κ3) is 3.68. The van der Waals surface area contributed by atoms with Crippen molar-refractivity contribution in [3.63, 3.8) is 0 Å². The van der Waals surface area contributed by atoms with Gasteiger partial charge in [0, 0.05) is 16.9 Å². The summed E-state index contributed by atoms with van der Waals surface area (Å²) in [6, 6.07) is 30.2. The van der Waals surface area contributed by atoms with Crippen LogP contribution in [0.1, 0.15) is 29.0 Å². The summed E-state index contributed by atoms with van der Waals surface area (Å²) in [6.45, 7) is 0.642. The first-order valence-corrected chi connectivity index (χ1v) is 12.2. The number of hydrogen-bond acceptors (Lipinski definition) is 5. The molecule has 0 saturated heterocycles. The molecule has 0 fully saturated rings. The van der Waals surface area contributed by atoms with Crippen molar-refractivity contribution in [1.29, 1.82) is 0 Å². The Labute approximate surface area is 210 Å². The largest absolute Gasteiger partial charge is 0.497 e. The molecule has 2 heterocycles. The molecular formula is C31H28N2O3. The van der Waals surface area contributed by atoms with Crippen LogP contribution < -0.4 is 14.8 Å². The molecule has 0 saturated carbocycles. The molecule has 180 valence electrons. The van der Waals surface area contributed by atoms with E-state index < -0.39 is 11.5 Å². The zero-order valence-corrected chi connectivity index (χ0v) is 20.4. The maximum Gasteiger partial charge on any atom is 0.223 e.